The molecular formula is C32H34Cl2N2O3. The Hall–Kier alpha value is -2.99. The topological polar surface area (TPSA) is 53.0 Å². The van der Waals surface area contributed by atoms with Crippen LogP contribution in [0.15, 0.2) is 72.3 Å². The number of carboxylic acid groups (broad SMARTS) is 1. The first kappa shape index (κ1) is 27.6. The van der Waals surface area contributed by atoms with Crippen molar-refractivity contribution in [1.29, 1.82) is 0 Å². The number of piperazine rings is 1. The van der Waals surface area contributed by atoms with Gasteiger partial charge in [0.1, 0.15) is 17.1 Å². The summed E-state index contributed by atoms with van der Waals surface area (Å²) in [6.45, 7) is 9.26. The third kappa shape index (κ3) is 6.60. The van der Waals surface area contributed by atoms with E-state index < -0.39 is 5.97 Å². The second-order valence-electron chi connectivity index (χ2n) is 11.2. The Labute approximate surface area is 240 Å². The molecule has 0 aromatic heterocycles. The van der Waals surface area contributed by atoms with Crippen LogP contribution in [0.2, 0.25) is 10.0 Å². The summed E-state index contributed by atoms with van der Waals surface area (Å²) in [6, 6.07) is 20.7. The minimum atomic E-state index is -1.03. The molecule has 39 heavy (non-hydrogen) atoms. The van der Waals surface area contributed by atoms with Crippen LogP contribution in [0.3, 0.4) is 0 Å². The van der Waals surface area contributed by atoms with E-state index in [9.17, 15) is 9.90 Å². The monoisotopic (exact) mass is 564 g/mol. The maximum atomic E-state index is 11.9. The van der Waals surface area contributed by atoms with Crippen LogP contribution in [0.5, 0.6) is 11.5 Å². The molecule has 1 fully saturated rings. The predicted octanol–water partition coefficient (Wildman–Crippen LogP) is 8.27. The van der Waals surface area contributed by atoms with Gasteiger partial charge in [0.25, 0.3) is 0 Å². The summed E-state index contributed by atoms with van der Waals surface area (Å²) in [6.07, 6.45) is 3.39. The highest BCUT2D eigenvalue weighted by Crippen LogP contribution is 2.43. The second kappa shape index (κ2) is 11.6. The summed E-state index contributed by atoms with van der Waals surface area (Å²) in [7, 11) is 0. The SMILES string of the molecule is CC1(C)CCC(CN2CCN(c3ccc(C(=O)O)c(Oc4ccccc4Cl)c3)CC2)=C(c2ccc(Cl)cc2)C1. The number of carbonyl (C=O) groups is 1. The smallest absolute Gasteiger partial charge is 0.339 e. The quantitative estimate of drug-likeness (QED) is 0.313. The maximum Gasteiger partial charge on any atom is 0.339 e. The van der Waals surface area contributed by atoms with Gasteiger partial charge in [0, 0.05) is 49.5 Å². The number of rotatable bonds is 7. The Kier molecular flexibility index (Phi) is 8.22. The average molecular weight is 566 g/mol. The molecule has 0 amide bonds. The van der Waals surface area contributed by atoms with Crippen molar-refractivity contribution in [3.05, 3.63) is 93.5 Å². The molecule has 0 spiro atoms. The molecule has 7 heteroatoms. The van der Waals surface area contributed by atoms with E-state index in [0.29, 0.717) is 16.2 Å². The van der Waals surface area contributed by atoms with E-state index in [1.807, 2.05) is 36.4 Å². The highest BCUT2D eigenvalue weighted by Gasteiger charge is 2.29. The van der Waals surface area contributed by atoms with Crippen LogP contribution >= 0.6 is 23.2 Å². The number of halogens is 2. The fraction of sp³-hybridized carbons (Fsp3) is 0.344. The highest BCUT2D eigenvalue weighted by atomic mass is 35.5. The van der Waals surface area contributed by atoms with E-state index >= 15 is 0 Å². The molecule has 1 N–H and O–H groups in total. The molecule has 1 heterocycles. The Balaban J connectivity index is 1.30. The van der Waals surface area contributed by atoms with E-state index in [1.54, 1.807) is 18.2 Å². The summed E-state index contributed by atoms with van der Waals surface area (Å²) in [5, 5.41) is 10.9. The largest absolute Gasteiger partial charge is 0.478 e. The lowest BCUT2D eigenvalue weighted by Gasteiger charge is -2.39. The number of allylic oxidation sites excluding steroid dienone is 1. The Bertz CT molecular complexity index is 1380. The van der Waals surface area contributed by atoms with Crippen LogP contribution < -0.4 is 9.64 Å². The van der Waals surface area contributed by atoms with Gasteiger partial charge in [0.05, 0.1) is 5.02 Å². The van der Waals surface area contributed by atoms with Gasteiger partial charge in [0.2, 0.25) is 0 Å². The van der Waals surface area contributed by atoms with Gasteiger partial charge >= 0.3 is 5.97 Å². The number of nitrogens with zero attached hydrogens (tertiary/aromatic N) is 2. The van der Waals surface area contributed by atoms with Crippen LogP contribution in [0, 0.1) is 5.41 Å². The number of ether oxygens (including phenoxy) is 1. The lowest BCUT2D eigenvalue weighted by atomic mass is 9.72. The van der Waals surface area contributed by atoms with Crippen molar-refractivity contribution in [3.63, 3.8) is 0 Å². The number of para-hydroxylation sites is 1. The van der Waals surface area contributed by atoms with Crippen molar-refractivity contribution in [2.24, 2.45) is 5.41 Å². The Morgan fingerprint density at radius 2 is 1.67 bits per heavy atom. The molecule has 1 saturated heterocycles. The molecule has 0 saturated carbocycles. The van der Waals surface area contributed by atoms with Gasteiger partial charge in [-0.1, -0.05) is 66.9 Å². The van der Waals surface area contributed by atoms with Gasteiger partial charge in [-0.05, 0) is 72.2 Å². The van der Waals surface area contributed by atoms with E-state index in [-0.39, 0.29) is 11.3 Å². The summed E-state index contributed by atoms with van der Waals surface area (Å²) >= 11 is 12.4. The lowest BCUT2D eigenvalue weighted by molar-refractivity contribution is 0.0694. The molecule has 5 nitrogen and oxygen atoms in total. The van der Waals surface area contributed by atoms with Crippen molar-refractivity contribution in [2.75, 3.05) is 37.6 Å². The molecule has 1 aliphatic heterocycles. The van der Waals surface area contributed by atoms with Gasteiger partial charge in [-0.25, -0.2) is 4.79 Å². The third-order valence-corrected chi connectivity index (χ3v) is 8.35. The molecule has 204 valence electrons. The average Bonchev–Trinajstić information content (AvgIpc) is 2.91. The highest BCUT2D eigenvalue weighted by molar-refractivity contribution is 6.32. The second-order valence-corrected chi connectivity index (χ2v) is 12.1. The van der Waals surface area contributed by atoms with Gasteiger partial charge in [-0.2, -0.15) is 0 Å². The Morgan fingerprint density at radius 3 is 2.36 bits per heavy atom. The first-order valence-corrected chi connectivity index (χ1v) is 14.2. The predicted molar refractivity (Wildman–Crippen MR) is 160 cm³/mol. The first-order valence-electron chi connectivity index (χ1n) is 13.4. The van der Waals surface area contributed by atoms with Crippen LogP contribution in [-0.4, -0.2) is 48.7 Å². The number of benzene rings is 3. The zero-order valence-corrected chi connectivity index (χ0v) is 23.9. The molecule has 0 atom stereocenters. The third-order valence-electron chi connectivity index (χ3n) is 7.78. The molecule has 0 unspecified atom stereocenters. The molecule has 5 rings (SSSR count). The molecule has 3 aromatic rings. The fourth-order valence-corrected chi connectivity index (χ4v) is 5.81. The van der Waals surface area contributed by atoms with Crippen molar-refractivity contribution in [2.45, 2.75) is 33.1 Å². The number of hydrogen-bond acceptors (Lipinski definition) is 4. The zero-order chi connectivity index (χ0) is 27.6. The van der Waals surface area contributed by atoms with Crippen LogP contribution in [0.25, 0.3) is 5.57 Å². The van der Waals surface area contributed by atoms with Gasteiger partial charge in [0.15, 0.2) is 0 Å². The minimum absolute atomic E-state index is 0.110. The summed E-state index contributed by atoms with van der Waals surface area (Å²) < 4.78 is 5.97. The van der Waals surface area contributed by atoms with E-state index in [4.69, 9.17) is 27.9 Å². The minimum Gasteiger partial charge on any atom is -0.478 e. The van der Waals surface area contributed by atoms with Crippen molar-refractivity contribution in [1.82, 2.24) is 4.90 Å². The standard InChI is InChI=1S/C32H34Cl2N2O3/c1-32(2)14-13-23(27(20-32)22-7-9-24(33)10-8-22)21-35-15-17-36(18-16-35)25-11-12-26(31(37)38)30(19-25)39-29-6-4-3-5-28(29)34/h3-12,19H,13-18,20-21H2,1-2H3,(H,37,38). The van der Waals surface area contributed by atoms with Crippen LogP contribution in [0.4, 0.5) is 5.69 Å². The molecule has 3 aromatic carbocycles. The summed E-state index contributed by atoms with van der Waals surface area (Å²) in [4.78, 5) is 16.7. The van der Waals surface area contributed by atoms with Crippen molar-refractivity contribution >= 4 is 40.4 Å². The van der Waals surface area contributed by atoms with Crippen molar-refractivity contribution < 1.29 is 14.6 Å². The van der Waals surface area contributed by atoms with Crippen molar-refractivity contribution in [3.8, 4) is 11.5 Å². The van der Waals surface area contributed by atoms with Crippen LogP contribution in [-0.2, 0) is 0 Å². The van der Waals surface area contributed by atoms with E-state index in [1.165, 1.54) is 23.1 Å². The molecule has 1 aliphatic carbocycles. The van der Waals surface area contributed by atoms with E-state index in [2.05, 4.69) is 35.8 Å². The van der Waals surface area contributed by atoms with Crippen LogP contribution in [0.1, 0.15) is 49.0 Å². The number of anilines is 1. The molecular weight excluding hydrogens is 531 g/mol. The molecule has 0 radical (unpaired) electrons. The zero-order valence-electron chi connectivity index (χ0n) is 22.4. The summed E-state index contributed by atoms with van der Waals surface area (Å²) in [5.41, 5.74) is 5.64. The van der Waals surface area contributed by atoms with E-state index in [0.717, 1.165) is 56.3 Å². The number of aromatic carboxylic acids is 1. The number of carboxylic acids is 1. The lowest BCUT2D eigenvalue weighted by Crippen LogP contribution is -2.47. The number of hydrogen-bond donors (Lipinski definition) is 1. The first-order chi connectivity index (χ1) is 18.7. The normalized spacial score (nSPS) is 17.8. The fourth-order valence-electron chi connectivity index (χ4n) is 5.51. The maximum absolute atomic E-state index is 11.9. The summed E-state index contributed by atoms with van der Waals surface area (Å²) in [5.74, 6) is -0.309. The Morgan fingerprint density at radius 1 is 0.949 bits per heavy atom. The molecule has 0 bridgehead atoms. The molecule has 2 aliphatic rings. The van der Waals surface area contributed by atoms with Gasteiger partial charge in [-0.15, -0.1) is 0 Å². The van der Waals surface area contributed by atoms with Gasteiger partial charge in [-0.3, -0.25) is 4.90 Å². The van der Waals surface area contributed by atoms with Gasteiger partial charge < -0.3 is 14.7 Å².